The maximum atomic E-state index is 5.34. The molecule has 0 atom stereocenters. The van der Waals surface area contributed by atoms with Gasteiger partial charge in [-0.1, -0.05) is 0 Å². The molecule has 0 spiro atoms. The van der Waals surface area contributed by atoms with Crippen molar-refractivity contribution in [3.8, 4) is 0 Å². The third kappa shape index (κ3) is 10.3. The normalized spacial score (nSPS) is 19.1. The van der Waals surface area contributed by atoms with Crippen LogP contribution in [0, 0.1) is 0 Å². The Kier molecular flexibility index (Phi) is 11.3. The number of ether oxygens (including phenoxy) is 1. The second-order valence-electron chi connectivity index (χ2n) is 7.13. The van der Waals surface area contributed by atoms with Gasteiger partial charge in [-0.15, -0.1) is 0 Å². The Morgan fingerprint density at radius 3 is 1.72 bits per heavy atom. The van der Waals surface area contributed by atoms with Crippen molar-refractivity contribution < 1.29 is 4.74 Å². The molecule has 0 aliphatic carbocycles. The van der Waals surface area contributed by atoms with Gasteiger partial charge in [0.2, 0.25) is 0 Å². The quantitative estimate of drug-likeness (QED) is 0.225. The highest BCUT2D eigenvalue weighted by atomic mass is 32.1. The molecule has 2 heterocycles. The van der Waals surface area contributed by atoms with Crippen molar-refractivity contribution in [1.82, 2.24) is 31.3 Å². The molecule has 9 nitrogen and oxygen atoms in total. The van der Waals surface area contributed by atoms with Gasteiger partial charge >= 0.3 is 0 Å². The minimum atomic E-state index is 0.498. The van der Waals surface area contributed by atoms with Crippen LogP contribution < -0.4 is 21.5 Å². The van der Waals surface area contributed by atoms with E-state index in [-0.39, 0.29) is 0 Å². The monoisotopic (exact) mass is 442 g/mol. The fourth-order valence-corrected chi connectivity index (χ4v) is 3.29. The van der Waals surface area contributed by atoms with Gasteiger partial charge in [-0.3, -0.25) is 15.8 Å². The van der Waals surface area contributed by atoms with Crippen LogP contribution in [0.3, 0.4) is 0 Å². The summed E-state index contributed by atoms with van der Waals surface area (Å²) in [4.78, 5) is 4.78. The summed E-state index contributed by atoms with van der Waals surface area (Å²) in [6.45, 7) is 13.2. The van der Waals surface area contributed by atoms with Crippen LogP contribution in [-0.2, 0) is 4.74 Å². The molecular weight excluding hydrogens is 408 g/mol. The molecule has 11 heteroatoms. The number of hydrogen-bond acceptors (Lipinski definition) is 7. The number of hydrogen-bond donors (Lipinski definition) is 4. The van der Waals surface area contributed by atoms with E-state index in [4.69, 9.17) is 29.2 Å². The first-order valence-electron chi connectivity index (χ1n) is 10.2. The van der Waals surface area contributed by atoms with Crippen molar-refractivity contribution in [2.24, 2.45) is 10.2 Å². The maximum absolute atomic E-state index is 5.34. The van der Waals surface area contributed by atoms with Crippen LogP contribution in [0.15, 0.2) is 10.2 Å². The van der Waals surface area contributed by atoms with E-state index < -0.39 is 0 Å². The number of thiocarbonyl (C=S) groups is 2. The van der Waals surface area contributed by atoms with Gasteiger partial charge in [0.15, 0.2) is 10.2 Å². The van der Waals surface area contributed by atoms with E-state index in [1.165, 1.54) is 25.9 Å². The molecule has 29 heavy (non-hydrogen) atoms. The Hall–Kier alpha value is -1.40. The number of hydrazone groups is 2. The molecule has 4 N–H and O–H groups in total. The number of rotatable bonds is 9. The van der Waals surface area contributed by atoms with E-state index in [0.29, 0.717) is 10.2 Å². The Morgan fingerprint density at radius 1 is 0.793 bits per heavy atom. The summed E-state index contributed by atoms with van der Waals surface area (Å²) >= 11 is 10.5. The molecule has 0 saturated carbocycles. The Morgan fingerprint density at radius 2 is 1.24 bits per heavy atom. The molecule has 164 valence electrons. The van der Waals surface area contributed by atoms with Gasteiger partial charge in [0, 0.05) is 39.3 Å². The van der Waals surface area contributed by atoms with E-state index in [1.807, 2.05) is 13.8 Å². The molecule has 0 amide bonds. The Bertz CT molecular complexity index is 586. The zero-order chi connectivity index (χ0) is 20.9. The van der Waals surface area contributed by atoms with Crippen molar-refractivity contribution in [3.63, 3.8) is 0 Å². The van der Waals surface area contributed by atoms with Gasteiger partial charge in [-0.25, -0.2) is 0 Å². The number of likely N-dealkylation sites (tertiary alicyclic amines) is 1. The molecule has 0 radical (unpaired) electrons. The van der Waals surface area contributed by atoms with Crippen LogP contribution in [0.4, 0.5) is 0 Å². The maximum Gasteiger partial charge on any atom is 0.187 e. The molecular formula is C18H34N8OS2. The standard InChI is InChI=1S/C18H34N8OS2/c1-15(21-23-17(28)19-5-9-25-7-3-4-8-25)16(2)22-24-18(29)20-6-10-26-11-13-27-14-12-26/h3-14H2,1-2H3,(H2,19,23,28)(H2,20,24,29)/b21-15+,22-16+. The molecule has 2 aliphatic rings. The average molecular weight is 443 g/mol. The van der Waals surface area contributed by atoms with Gasteiger partial charge in [-0.05, 0) is 64.2 Å². The molecule has 2 aliphatic heterocycles. The van der Waals surface area contributed by atoms with Gasteiger partial charge in [0.05, 0.1) is 24.6 Å². The molecule has 2 saturated heterocycles. The summed E-state index contributed by atoms with van der Waals surface area (Å²) < 4.78 is 5.34. The summed E-state index contributed by atoms with van der Waals surface area (Å²) in [7, 11) is 0. The van der Waals surface area contributed by atoms with Crippen molar-refractivity contribution in [3.05, 3.63) is 0 Å². The largest absolute Gasteiger partial charge is 0.379 e. The highest BCUT2D eigenvalue weighted by Crippen LogP contribution is 2.05. The summed E-state index contributed by atoms with van der Waals surface area (Å²) in [5.41, 5.74) is 7.19. The minimum Gasteiger partial charge on any atom is -0.379 e. The Labute approximate surface area is 184 Å². The van der Waals surface area contributed by atoms with Crippen molar-refractivity contribution in [2.75, 3.05) is 65.6 Å². The molecule has 2 rings (SSSR count). The lowest BCUT2D eigenvalue weighted by atomic mass is 10.3. The summed E-state index contributed by atoms with van der Waals surface area (Å²) in [6, 6.07) is 0. The summed E-state index contributed by atoms with van der Waals surface area (Å²) in [6.07, 6.45) is 2.59. The van der Waals surface area contributed by atoms with E-state index in [1.54, 1.807) is 0 Å². The average Bonchev–Trinajstić information content (AvgIpc) is 3.24. The van der Waals surface area contributed by atoms with E-state index in [9.17, 15) is 0 Å². The first-order chi connectivity index (χ1) is 14.0. The number of morpholine rings is 1. The van der Waals surface area contributed by atoms with Gasteiger partial charge in [0.25, 0.3) is 0 Å². The lowest BCUT2D eigenvalue weighted by Gasteiger charge is -2.26. The zero-order valence-electron chi connectivity index (χ0n) is 17.5. The topological polar surface area (TPSA) is 88.5 Å². The summed E-state index contributed by atoms with van der Waals surface area (Å²) in [5, 5.41) is 15.9. The fraction of sp³-hybridized carbons (Fsp3) is 0.778. The van der Waals surface area contributed by atoms with Crippen molar-refractivity contribution in [1.29, 1.82) is 0 Å². The molecule has 2 fully saturated rings. The van der Waals surface area contributed by atoms with Gasteiger partial charge < -0.3 is 20.3 Å². The van der Waals surface area contributed by atoms with Crippen LogP contribution in [0.5, 0.6) is 0 Å². The van der Waals surface area contributed by atoms with E-state index >= 15 is 0 Å². The van der Waals surface area contributed by atoms with Crippen molar-refractivity contribution in [2.45, 2.75) is 26.7 Å². The fourth-order valence-electron chi connectivity index (χ4n) is 3.00. The van der Waals surface area contributed by atoms with Crippen LogP contribution in [0.1, 0.15) is 26.7 Å². The first-order valence-corrected chi connectivity index (χ1v) is 11.1. The third-order valence-electron chi connectivity index (χ3n) is 4.90. The van der Waals surface area contributed by atoms with Crippen molar-refractivity contribution >= 4 is 46.1 Å². The zero-order valence-corrected chi connectivity index (χ0v) is 19.1. The summed E-state index contributed by atoms with van der Waals surface area (Å²) in [5.74, 6) is 0. The SMILES string of the molecule is CC(=N\NC(=S)NCCN1CCCC1)/C(C)=N/NC(=S)NCCN1CCOCC1. The Balaban J connectivity index is 1.58. The van der Waals surface area contributed by atoms with Crippen LogP contribution in [-0.4, -0.2) is 97.0 Å². The highest BCUT2D eigenvalue weighted by molar-refractivity contribution is 7.80. The minimum absolute atomic E-state index is 0.498. The molecule has 0 aromatic rings. The van der Waals surface area contributed by atoms with E-state index in [2.05, 4.69) is 41.5 Å². The second kappa shape index (κ2) is 13.8. The predicted octanol–water partition coefficient (Wildman–Crippen LogP) is 0.0944. The molecule has 0 aromatic heterocycles. The number of nitrogens with one attached hydrogen (secondary N) is 4. The third-order valence-corrected chi connectivity index (χ3v) is 5.37. The van der Waals surface area contributed by atoms with Crippen LogP contribution in [0.2, 0.25) is 0 Å². The lowest BCUT2D eigenvalue weighted by molar-refractivity contribution is 0.0389. The molecule has 0 unspecified atom stereocenters. The lowest BCUT2D eigenvalue weighted by Crippen LogP contribution is -2.43. The van der Waals surface area contributed by atoms with Gasteiger partial charge in [0.1, 0.15) is 0 Å². The molecule has 0 aromatic carbocycles. The second-order valence-corrected chi connectivity index (χ2v) is 7.95. The molecule has 0 bridgehead atoms. The van der Waals surface area contributed by atoms with Crippen LogP contribution in [0.25, 0.3) is 0 Å². The smallest absolute Gasteiger partial charge is 0.187 e. The first kappa shape index (κ1) is 23.9. The van der Waals surface area contributed by atoms with Crippen LogP contribution >= 0.6 is 24.4 Å². The predicted molar refractivity (Wildman–Crippen MR) is 127 cm³/mol. The highest BCUT2D eigenvalue weighted by Gasteiger charge is 2.11. The number of nitrogens with zero attached hydrogens (tertiary/aromatic N) is 4. The van der Waals surface area contributed by atoms with E-state index in [0.717, 1.165) is 63.9 Å². The van der Waals surface area contributed by atoms with Gasteiger partial charge in [-0.2, -0.15) is 10.2 Å².